The summed E-state index contributed by atoms with van der Waals surface area (Å²) in [6, 6.07) is 0. The summed E-state index contributed by atoms with van der Waals surface area (Å²) in [5.41, 5.74) is 6.59. The van der Waals surface area contributed by atoms with Gasteiger partial charge in [0.2, 0.25) is 0 Å². The van der Waals surface area contributed by atoms with Crippen LogP contribution in [0.2, 0.25) is 0 Å². The number of aryl methyl sites for hydroxylation is 1. The van der Waals surface area contributed by atoms with Crippen molar-refractivity contribution in [2.75, 3.05) is 6.54 Å². The minimum atomic E-state index is -0.212. The first-order valence-corrected chi connectivity index (χ1v) is 4.79. The van der Waals surface area contributed by atoms with Crippen LogP contribution in [-0.4, -0.2) is 33.3 Å². The first kappa shape index (κ1) is 12.0. The second-order valence-corrected chi connectivity index (χ2v) is 3.36. The molecule has 0 aliphatic rings. The van der Waals surface area contributed by atoms with E-state index in [0.29, 0.717) is 18.5 Å². The number of carbonyl (C=O) groups is 1. The van der Waals surface area contributed by atoms with Gasteiger partial charge in [-0.1, -0.05) is 5.16 Å². The summed E-state index contributed by atoms with van der Waals surface area (Å²) in [4.78, 5) is 11.6. The summed E-state index contributed by atoms with van der Waals surface area (Å²) < 4.78 is 1.62. The lowest BCUT2D eigenvalue weighted by Gasteiger charge is -2.03. The van der Waals surface area contributed by atoms with Gasteiger partial charge in [0.05, 0.1) is 11.8 Å². The number of rotatable bonds is 4. The number of amidine groups is 1. The molecule has 1 rings (SSSR count). The number of oxime groups is 1. The molecule has 4 N–H and O–H groups in total. The molecule has 0 radical (unpaired) electrons. The summed E-state index contributed by atoms with van der Waals surface area (Å²) >= 11 is 0. The topological polar surface area (TPSA) is 106 Å². The quantitative estimate of drug-likeness (QED) is 0.280. The molecule has 1 aromatic heterocycles. The van der Waals surface area contributed by atoms with Crippen molar-refractivity contribution in [1.82, 2.24) is 15.1 Å². The number of aromatic nitrogens is 2. The largest absolute Gasteiger partial charge is 0.409 e. The third-order valence-electron chi connectivity index (χ3n) is 2.28. The van der Waals surface area contributed by atoms with Gasteiger partial charge in [-0.2, -0.15) is 5.10 Å². The van der Waals surface area contributed by atoms with Crippen LogP contribution in [0.4, 0.5) is 0 Å². The maximum absolute atomic E-state index is 11.6. The molecule has 0 saturated heterocycles. The molecule has 7 heteroatoms. The highest BCUT2D eigenvalue weighted by atomic mass is 16.4. The number of hydrogen-bond acceptors (Lipinski definition) is 4. The molecule has 16 heavy (non-hydrogen) atoms. The summed E-state index contributed by atoms with van der Waals surface area (Å²) in [5, 5.41) is 17.7. The van der Waals surface area contributed by atoms with Gasteiger partial charge in [-0.15, -0.1) is 0 Å². The second-order valence-electron chi connectivity index (χ2n) is 3.36. The van der Waals surface area contributed by atoms with Gasteiger partial charge in [0.15, 0.2) is 0 Å². The van der Waals surface area contributed by atoms with Crippen LogP contribution in [0.5, 0.6) is 0 Å². The molecule has 1 aromatic rings. The molecule has 1 heterocycles. The number of nitrogens with two attached hydrogens (primary N) is 1. The first-order valence-electron chi connectivity index (χ1n) is 4.79. The third kappa shape index (κ3) is 2.72. The summed E-state index contributed by atoms with van der Waals surface area (Å²) in [5.74, 6) is -0.125. The predicted molar refractivity (Wildman–Crippen MR) is 58.3 cm³/mol. The van der Waals surface area contributed by atoms with E-state index in [4.69, 9.17) is 10.9 Å². The van der Waals surface area contributed by atoms with E-state index in [1.807, 2.05) is 6.92 Å². The van der Waals surface area contributed by atoms with Crippen molar-refractivity contribution in [2.45, 2.75) is 13.3 Å². The van der Waals surface area contributed by atoms with E-state index in [-0.39, 0.29) is 11.7 Å². The van der Waals surface area contributed by atoms with Gasteiger partial charge in [-0.05, 0) is 6.92 Å². The lowest BCUT2D eigenvalue weighted by molar-refractivity contribution is 0.0954. The maximum Gasteiger partial charge on any atom is 0.254 e. The van der Waals surface area contributed by atoms with E-state index in [2.05, 4.69) is 15.6 Å². The van der Waals surface area contributed by atoms with Gasteiger partial charge in [0.1, 0.15) is 5.84 Å². The fourth-order valence-electron chi connectivity index (χ4n) is 1.17. The number of nitrogens with zero attached hydrogens (tertiary/aromatic N) is 3. The SMILES string of the molecule is Cc1c(C(=O)NCCC(N)=NO)cnn1C. The highest BCUT2D eigenvalue weighted by molar-refractivity contribution is 5.95. The Balaban J connectivity index is 2.51. The highest BCUT2D eigenvalue weighted by Gasteiger charge is 2.11. The van der Waals surface area contributed by atoms with Gasteiger partial charge >= 0.3 is 0 Å². The van der Waals surface area contributed by atoms with E-state index in [0.717, 1.165) is 5.69 Å². The van der Waals surface area contributed by atoms with Crippen molar-refractivity contribution in [3.8, 4) is 0 Å². The van der Waals surface area contributed by atoms with Gasteiger partial charge in [0.25, 0.3) is 5.91 Å². The molecule has 0 aromatic carbocycles. The molecule has 0 bridgehead atoms. The van der Waals surface area contributed by atoms with E-state index in [9.17, 15) is 4.79 Å². The minimum Gasteiger partial charge on any atom is -0.409 e. The number of carbonyl (C=O) groups excluding carboxylic acids is 1. The smallest absolute Gasteiger partial charge is 0.254 e. The molecule has 1 amide bonds. The Kier molecular flexibility index (Phi) is 3.87. The molecule has 0 atom stereocenters. The van der Waals surface area contributed by atoms with Crippen LogP contribution >= 0.6 is 0 Å². The molecule has 0 spiro atoms. The van der Waals surface area contributed by atoms with Crippen molar-refractivity contribution in [3.05, 3.63) is 17.5 Å². The monoisotopic (exact) mass is 225 g/mol. The third-order valence-corrected chi connectivity index (χ3v) is 2.28. The van der Waals surface area contributed by atoms with Crippen molar-refractivity contribution in [1.29, 1.82) is 0 Å². The van der Waals surface area contributed by atoms with Gasteiger partial charge in [-0.25, -0.2) is 0 Å². The van der Waals surface area contributed by atoms with E-state index in [1.165, 1.54) is 6.20 Å². The standard InChI is InChI=1S/C9H15N5O2/c1-6-7(5-12-14(6)2)9(15)11-4-3-8(10)13-16/h5,16H,3-4H2,1-2H3,(H2,10,13)(H,11,15). The van der Waals surface area contributed by atoms with Gasteiger partial charge in [0, 0.05) is 25.7 Å². The van der Waals surface area contributed by atoms with Gasteiger partial charge in [-0.3, -0.25) is 9.48 Å². The predicted octanol–water partition coefficient (Wildman–Crippen LogP) is -0.405. The number of amides is 1. The lowest BCUT2D eigenvalue weighted by atomic mass is 10.2. The maximum atomic E-state index is 11.6. The van der Waals surface area contributed by atoms with Gasteiger partial charge < -0.3 is 16.3 Å². The Labute approximate surface area is 92.9 Å². The Hall–Kier alpha value is -2.05. The highest BCUT2D eigenvalue weighted by Crippen LogP contribution is 2.04. The zero-order valence-corrected chi connectivity index (χ0v) is 9.27. The lowest BCUT2D eigenvalue weighted by Crippen LogP contribution is -2.28. The minimum absolute atomic E-state index is 0.0863. The average Bonchev–Trinajstić information content (AvgIpc) is 2.59. The summed E-state index contributed by atoms with van der Waals surface area (Å²) in [7, 11) is 1.77. The molecule has 0 fully saturated rings. The molecule has 0 unspecified atom stereocenters. The number of nitrogens with one attached hydrogen (secondary N) is 1. The summed E-state index contributed by atoms with van der Waals surface area (Å²) in [6.45, 7) is 2.13. The Morgan fingerprint density at radius 3 is 2.94 bits per heavy atom. The van der Waals surface area contributed by atoms with Crippen LogP contribution in [0.25, 0.3) is 0 Å². The second kappa shape index (κ2) is 5.15. The zero-order valence-electron chi connectivity index (χ0n) is 9.27. The van der Waals surface area contributed by atoms with Crippen LogP contribution in [0.3, 0.4) is 0 Å². The zero-order chi connectivity index (χ0) is 12.1. The molecular weight excluding hydrogens is 210 g/mol. The molecule has 0 aliphatic heterocycles. The van der Waals surface area contributed by atoms with Crippen LogP contribution in [0.15, 0.2) is 11.4 Å². The van der Waals surface area contributed by atoms with E-state index >= 15 is 0 Å². The molecule has 7 nitrogen and oxygen atoms in total. The van der Waals surface area contributed by atoms with Crippen molar-refractivity contribution >= 4 is 11.7 Å². The average molecular weight is 225 g/mol. The normalized spacial score (nSPS) is 11.5. The number of hydrogen-bond donors (Lipinski definition) is 3. The Morgan fingerprint density at radius 1 is 1.75 bits per heavy atom. The molecule has 0 aliphatic carbocycles. The fourth-order valence-corrected chi connectivity index (χ4v) is 1.17. The fraction of sp³-hybridized carbons (Fsp3) is 0.444. The van der Waals surface area contributed by atoms with Crippen LogP contribution in [-0.2, 0) is 7.05 Å². The molecule has 0 saturated carbocycles. The van der Waals surface area contributed by atoms with Crippen molar-refractivity contribution in [3.63, 3.8) is 0 Å². The van der Waals surface area contributed by atoms with Crippen molar-refractivity contribution in [2.24, 2.45) is 17.9 Å². The van der Waals surface area contributed by atoms with Crippen LogP contribution < -0.4 is 11.1 Å². The van der Waals surface area contributed by atoms with Crippen molar-refractivity contribution < 1.29 is 10.0 Å². The van der Waals surface area contributed by atoms with E-state index < -0.39 is 0 Å². The molecular formula is C9H15N5O2. The molecule has 88 valence electrons. The van der Waals surface area contributed by atoms with Crippen LogP contribution in [0, 0.1) is 6.92 Å². The van der Waals surface area contributed by atoms with Crippen LogP contribution in [0.1, 0.15) is 22.5 Å². The first-order chi connectivity index (χ1) is 7.56. The van der Waals surface area contributed by atoms with E-state index in [1.54, 1.807) is 11.7 Å². The Bertz CT molecular complexity index is 410. The summed E-state index contributed by atoms with van der Waals surface area (Å²) in [6.07, 6.45) is 1.82. The Morgan fingerprint density at radius 2 is 2.44 bits per heavy atom.